The highest BCUT2D eigenvalue weighted by Crippen LogP contribution is 2.43. The monoisotopic (exact) mass is 630 g/mol. The van der Waals surface area contributed by atoms with Crippen LogP contribution in [0.2, 0.25) is 0 Å². The van der Waals surface area contributed by atoms with Crippen LogP contribution in [0.4, 0.5) is 19.4 Å². The van der Waals surface area contributed by atoms with E-state index >= 15 is 8.78 Å². The molecule has 4 saturated heterocycles. The zero-order valence-electron chi connectivity index (χ0n) is 26.1. The fourth-order valence-electron chi connectivity index (χ4n) is 8.42. The molecule has 240 valence electrons. The summed E-state index contributed by atoms with van der Waals surface area (Å²) in [5, 5.41) is 12.9. The van der Waals surface area contributed by atoms with Crippen molar-refractivity contribution in [2.24, 2.45) is 5.92 Å². The summed E-state index contributed by atoms with van der Waals surface area (Å²) in [5.74, 6) is -1.22. The number of H-pyrrole nitrogens is 1. The molecule has 1 spiro atoms. The molecular formula is C33H36F2N8O3. The van der Waals surface area contributed by atoms with Crippen molar-refractivity contribution >= 4 is 39.6 Å². The number of aromatic nitrogens is 4. The van der Waals surface area contributed by atoms with Crippen LogP contribution in [-0.4, -0.2) is 80.9 Å². The molecule has 11 nitrogen and oxygen atoms in total. The molecule has 4 aromatic rings. The molecule has 0 unspecified atom stereocenters. The van der Waals surface area contributed by atoms with Crippen molar-refractivity contribution in [3.8, 4) is 17.1 Å². The number of urea groups is 1. The number of aryl methyl sites for hydroxylation is 1. The van der Waals surface area contributed by atoms with E-state index in [1.165, 1.54) is 6.07 Å². The molecule has 3 atom stereocenters. The van der Waals surface area contributed by atoms with Crippen LogP contribution in [0.3, 0.4) is 0 Å². The lowest BCUT2D eigenvalue weighted by atomic mass is 9.89. The standard InChI is InChI=1S/C33H36F2N8O3/c1-17-12-32(6-4-9-43(32)14-17)16-46-31-37-27-20(28(38-31)42-8-5-7-33(15-42)29(44)39-30(45)40-33)11-22(34)25(26(27)35)24-19(3)18(2)10-23-21(24)13-36-41-23/h10-11,13,17H,4-9,12,14-16H2,1-3H3,(H,36,41)(H2,39,40,44,45)/t17-,32+,33-/m1/s1. The van der Waals surface area contributed by atoms with Gasteiger partial charge in [0.25, 0.3) is 5.91 Å². The van der Waals surface area contributed by atoms with Crippen molar-refractivity contribution in [2.45, 2.75) is 64.0 Å². The molecule has 0 aliphatic carbocycles. The Morgan fingerprint density at radius 1 is 1.07 bits per heavy atom. The van der Waals surface area contributed by atoms with Crippen molar-refractivity contribution in [3.63, 3.8) is 0 Å². The van der Waals surface area contributed by atoms with E-state index in [4.69, 9.17) is 9.72 Å². The maximum absolute atomic E-state index is 16.9. The molecule has 6 heterocycles. The number of hydrogen-bond acceptors (Lipinski definition) is 8. The number of rotatable bonds is 5. The van der Waals surface area contributed by atoms with Gasteiger partial charge >= 0.3 is 12.0 Å². The highest BCUT2D eigenvalue weighted by Gasteiger charge is 2.50. The number of imide groups is 1. The Morgan fingerprint density at radius 2 is 1.89 bits per heavy atom. The number of hydrogen-bond donors (Lipinski definition) is 3. The molecule has 8 rings (SSSR count). The zero-order valence-corrected chi connectivity index (χ0v) is 26.1. The van der Waals surface area contributed by atoms with E-state index in [9.17, 15) is 9.59 Å². The van der Waals surface area contributed by atoms with Crippen molar-refractivity contribution in [1.82, 2.24) is 35.7 Å². The number of amides is 3. The van der Waals surface area contributed by atoms with E-state index in [1.807, 2.05) is 19.9 Å². The van der Waals surface area contributed by atoms with Crippen LogP contribution in [-0.2, 0) is 4.79 Å². The summed E-state index contributed by atoms with van der Waals surface area (Å²) in [7, 11) is 0. The number of carbonyl (C=O) groups is 2. The molecule has 4 aliphatic rings. The molecule has 2 aromatic heterocycles. The van der Waals surface area contributed by atoms with Gasteiger partial charge in [0.1, 0.15) is 29.3 Å². The van der Waals surface area contributed by atoms with Gasteiger partial charge in [0.15, 0.2) is 5.82 Å². The first-order valence-corrected chi connectivity index (χ1v) is 16.0. The second-order valence-electron chi connectivity index (χ2n) is 13.7. The van der Waals surface area contributed by atoms with Gasteiger partial charge in [-0.15, -0.1) is 0 Å². The number of benzene rings is 2. The molecular weight excluding hydrogens is 594 g/mol. The van der Waals surface area contributed by atoms with Gasteiger partial charge < -0.3 is 15.0 Å². The Hall–Kier alpha value is -4.39. The van der Waals surface area contributed by atoms with E-state index in [0.29, 0.717) is 48.4 Å². The lowest BCUT2D eigenvalue weighted by molar-refractivity contribution is -0.124. The summed E-state index contributed by atoms with van der Waals surface area (Å²) in [4.78, 5) is 38.6. The van der Waals surface area contributed by atoms with Crippen molar-refractivity contribution in [3.05, 3.63) is 41.1 Å². The van der Waals surface area contributed by atoms with Crippen LogP contribution in [0.15, 0.2) is 18.3 Å². The highest BCUT2D eigenvalue weighted by molar-refractivity contribution is 6.08. The Labute approximate surface area is 264 Å². The molecule has 13 heteroatoms. The number of nitrogens with one attached hydrogen (secondary N) is 3. The van der Waals surface area contributed by atoms with Gasteiger partial charge in [-0.3, -0.25) is 20.1 Å². The largest absolute Gasteiger partial charge is 0.461 e. The third-order valence-corrected chi connectivity index (χ3v) is 10.6. The van der Waals surface area contributed by atoms with Gasteiger partial charge in [0, 0.05) is 29.4 Å². The second kappa shape index (κ2) is 10.3. The molecule has 3 amide bonds. The lowest BCUT2D eigenvalue weighted by Gasteiger charge is -2.39. The number of piperidine rings is 1. The highest BCUT2D eigenvalue weighted by atomic mass is 19.1. The van der Waals surface area contributed by atoms with E-state index in [2.05, 4.69) is 37.6 Å². The average molecular weight is 631 g/mol. The van der Waals surface area contributed by atoms with Crippen LogP contribution in [0, 0.1) is 31.4 Å². The molecule has 0 bridgehead atoms. The summed E-state index contributed by atoms with van der Waals surface area (Å²) >= 11 is 0. The van der Waals surface area contributed by atoms with Crippen LogP contribution >= 0.6 is 0 Å². The molecule has 2 aromatic carbocycles. The van der Waals surface area contributed by atoms with Crippen molar-refractivity contribution in [1.29, 1.82) is 0 Å². The minimum Gasteiger partial charge on any atom is -0.461 e. The number of nitrogens with zero attached hydrogens (tertiary/aromatic N) is 5. The Bertz CT molecular complexity index is 1950. The summed E-state index contributed by atoms with van der Waals surface area (Å²) in [6.07, 6.45) is 5.63. The van der Waals surface area contributed by atoms with Gasteiger partial charge in [0.05, 0.1) is 29.4 Å². The van der Waals surface area contributed by atoms with E-state index in [0.717, 1.165) is 43.5 Å². The first-order valence-electron chi connectivity index (χ1n) is 16.0. The smallest absolute Gasteiger partial charge is 0.322 e. The number of ether oxygens (including phenoxy) is 1. The topological polar surface area (TPSA) is 128 Å². The SMILES string of the molecule is Cc1cc2[nH]ncc2c(-c2c(F)cc3c(N4CCC[C@]5(C4)NC(=O)NC5=O)nc(OC[C@@]45CCCN4C[C@H](C)C5)nc3c2F)c1C. The third-order valence-electron chi connectivity index (χ3n) is 10.6. The summed E-state index contributed by atoms with van der Waals surface area (Å²) in [6, 6.07) is 2.61. The van der Waals surface area contributed by atoms with Crippen LogP contribution in [0.25, 0.3) is 32.9 Å². The summed E-state index contributed by atoms with van der Waals surface area (Å²) in [6.45, 7) is 8.89. The number of fused-ring (bicyclic) bond motifs is 3. The second-order valence-corrected chi connectivity index (χ2v) is 13.7. The van der Waals surface area contributed by atoms with Crippen molar-refractivity contribution < 1.29 is 23.1 Å². The number of aromatic amines is 1. The summed E-state index contributed by atoms with van der Waals surface area (Å²) < 4.78 is 39.6. The minimum absolute atomic E-state index is 0.00584. The average Bonchev–Trinajstić information content (AvgIpc) is 3.76. The summed E-state index contributed by atoms with van der Waals surface area (Å²) in [5.41, 5.74) is 1.11. The Morgan fingerprint density at radius 3 is 2.70 bits per heavy atom. The minimum atomic E-state index is -1.17. The molecule has 4 fully saturated rings. The molecule has 4 aliphatic heterocycles. The van der Waals surface area contributed by atoms with Crippen LogP contribution in [0.5, 0.6) is 6.01 Å². The van der Waals surface area contributed by atoms with Gasteiger partial charge in [0.2, 0.25) is 0 Å². The van der Waals surface area contributed by atoms with Gasteiger partial charge in [-0.25, -0.2) is 13.6 Å². The molecule has 3 N–H and O–H groups in total. The fourth-order valence-corrected chi connectivity index (χ4v) is 8.42. The lowest BCUT2D eigenvalue weighted by Crippen LogP contribution is -2.58. The van der Waals surface area contributed by atoms with E-state index < -0.39 is 29.1 Å². The molecule has 0 saturated carbocycles. The van der Waals surface area contributed by atoms with E-state index in [1.54, 1.807) is 11.1 Å². The maximum atomic E-state index is 16.9. The third kappa shape index (κ3) is 4.34. The number of anilines is 1. The fraction of sp³-hybridized carbons (Fsp3) is 0.485. The predicted octanol–water partition coefficient (Wildman–Crippen LogP) is 4.50. The molecule has 0 radical (unpaired) electrons. The quantitative estimate of drug-likeness (QED) is 0.275. The maximum Gasteiger partial charge on any atom is 0.322 e. The first-order chi connectivity index (χ1) is 22.1. The Balaban J connectivity index is 1.28. The van der Waals surface area contributed by atoms with Gasteiger partial charge in [-0.1, -0.05) is 6.92 Å². The van der Waals surface area contributed by atoms with Gasteiger partial charge in [-0.05, 0) is 81.7 Å². The number of carbonyl (C=O) groups excluding carboxylic acids is 2. The van der Waals surface area contributed by atoms with E-state index in [-0.39, 0.29) is 40.4 Å². The Kier molecular flexibility index (Phi) is 6.51. The number of halogens is 2. The van der Waals surface area contributed by atoms with Crippen LogP contribution < -0.4 is 20.3 Å². The van der Waals surface area contributed by atoms with Crippen LogP contribution in [0.1, 0.15) is 50.2 Å². The molecule has 46 heavy (non-hydrogen) atoms. The zero-order chi connectivity index (χ0) is 32.0. The normalized spacial score (nSPS) is 26.4. The van der Waals surface area contributed by atoms with Gasteiger partial charge in [-0.2, -0.15) is 15.1 Å². The predicted molar refractivity (Wildman–Crippen MR) is 168 cm³/mol. The van der Waals surface area contributed by atoms with Crippen molar-refractivity contribution in [2.75, 3.05) is 37.7 Å². The first kappa shape index (κ1) is 29.0.